The van der Waals surface area contributed by atoms with Gasteiger partial charge >= 0.3 is 6.18 Å². The molecule has 0 bridgehead atoms. The van der Waals surface area contributed by atoms with Crippen LogP contribution in [0.4, 0.5) is 13.2 Å². The van der Waals surface area contributed by atoms with E-state index in [4.69, 9.17) is 0 Å². The number of carbonyl (C=O) groups is 2. The van der Waals surface area contributed by atoms with E-state index < -0.39 is 18.8 Å². The monoisotopic (exact) mass is 411 g/mol. The SMILES string of the molecule is C=C/C=C(\CNCC(F)(F)F)C(CC)N1CC(C(=O)C(C)C)=C(/C=C\N=C)C1=O. The van der Waals surface area contributed by atoms with Gasteiger partial charge in [0, 0.05) is 29.8 Å². The molecular formula is C21H28F3N3O2. The minimum absolute atomic E-state index is 0.0549. The van der Waals surface area contributed by atoms with Gasteiger partial charge in [-0.1, -0.05) is 39.5 Å². The largest absolute Gasteiger partial charge is 0.401 e. The standard InChI is InChI=1S/C21H28F3N3O2/c1-6-8-15(11-26-13-21(22,23)24)18(7-2)27-12-17(19(28)14(3)4)16(20(27)29)9-10-25-5/h6,8-10,14,18,26H,1,5,7,11-13H2,2-4H3/b10-9-,15-8+. The van der Waals surface area contributed by atoms with Crippen LogP contribution in [0, 0.1) is 5.92 Å². The van der Waals surface area contributed by atoms with Gasteiger partial charge in [-0.2, -0.15) is 13.2 Å². The van der Waals surface area contributed by atoms with Crippen molar-refractivity contribution in [2.24, 2.45) is 10.9 Å². The van der Waals surface area contributed by atoms with Gasteiger partial charge in [0.2, 0.25) is 0 Å². The summed E-state index contributed by atoms with van der Waals surface area (Å²) in [5.74, 6) is -0.801. The lowest BCUT2D eigenvalue weighted by Gasteiger charge is -2.30. The first-order valence-electron chi connectivity index (χ1n) is 9.37. The number of aliphatic imine (C=N–C) groups is 1. The van der Waals surface area contributed by atoms with E-state index in [1.54, 1.807) is 19.9 Å². The summed E-state index contributed by atoms with van der Waals surface area (Å²) >= 11 is 0. The number of hydrogen-bond donors (Lipinski definition) is 1. The molecule has 0 saturated carbocycles. The quantitative estimate of drug-likeness (QED) is 0.417. The second kappa shape index (κ2) is 10.9. The van der Waals surface area contributed by atoms with Crippen LogP contribution in [0.15, 0.2) is 52.7 Å². The molecule has 1 aliphatic rings. The Labute approximate surface area is 169 Å². The fourth-order valence-electron chi connectivity index (χ4n) is 3.19. The van der Waals surface area contributed by atoms with E-state index in [1.807, 2.05) is 6.92 Å². The maximum absolute atomic E-state index is 13.0. The number of halogens is 3. The molecule has 1 amide bonds. The molecule has 0 fully saturated rings. The molecule has 0 spiro atoms. The summed E-state index contributed by atoms with van der Waals surface area (Å²) < 4.78 is 37.5. The van der Waals surface area contributed by atoms with E-state index in [9.17, 15) is 22.8 Å². The van der Waals surface area contributed by atoms with Crippen LogP contribution < -0.4 is 5.32 Å². The molecular weight excluding hydrogens is 383 g/mol. The van der Waals surface area contributed by atoms with Crippen molar-refractivity contribution in [3.05, 3.63) is 47.7 Å². The van der Waals surface area contributed by atoms with Crippen LogP contribution in [0.2, 0.25) is 0 Å². The zero-order chi connectivity index (χ0) is 22.2. The van der Waals surface area contributed by atoms with E-state index in [0.29, 0.717) is 17.6 Å². The summed E-state index contributed by atoms with van der Waals surface area (Å²) in [6, 6.07) is -0.473. The van der Waals surface area contributed by atoms with E-state index in [1.165, 1.54) is 23.3 Å². The number of hydrogen-bond acceptors (Lipinski definition) is 4. The Balaban J connectivity index is 3.18. The highest BCUT2D eigenvalue weighted by Crippen LogP contribution is 2.29. The molecule has 5 nitrogen and oxygen atoms in total. The van der Waals surface area contributed by atoms with Gasteiger partial charge in [0.25, 0.3) is 5.91 Å². The Bertz CT molecular complexity index is 734. The molecule has 1 atom stereocenters. The van der Waals surface area contributed by atoms with E-state index >= 15 is 0 Å². The number of allylic oxidation sites excluding steroid dienone is 2. The molecule has 1 rings (SSSR count). The van der Waals surface area contributed by atoms with E-state index in [-0.39, 0.29) is 36.3 Å². The molecule has 1 N–H and O–H groups in total. The second-order valence-electron chi connectivity index (χ2n) is 6.96. The maximum atomic E-state index is 13.0. The fourth-order valence-corrected chi connectivity index (χ4v) is 3.19. The molecule has 0 aromatic carbocycles. The lowest BCUT2D eigenvalue weighted by molar-refractivity contribution is -0.127. The van der Waals surface area contributed by atoms with Crippen LogP contribution in [-0.2, 0) is 9.59 Å². The summed E-state index contributed by atoms with van der Waals surface area (Å²) in [4.78, 5) is 30.8. The summed E-state index contributed by atoms with van der Waals surface area (Å²) in [7, 11) is 0. The van der Waals surface area contributed by atoms with E-state index in [0.717, 1.165) is 0 Å². The third-order valence-corrected chi connectivity index (χ3v) is 4.49. The molecule has 0 saturated heterocycles. The highest BCUT2D eigenvalue weighted by atomic mass is 19.4. The molecule has 1 aliphatic heterocycles. The smallest absolute Gasteiger partial charge is 0.327 e. The van der Waals surface area contributed by atoms with Crippen molar-refractivity contribution in [2.75, 3.05) is 19.6 Å². The Morgan fingerprint density at radius 2 is 2.03 bits per heavy atom. The number of nitrogens with zero attached hydrogens (tertiary/aromatic N) is 2. The molecule has 8 heteroatoms. The van der Waals surface area contributed by atoms with Crippen molar-refractivity contribution in [2.45, 2.75) is 39.4 Å². The lowest BCUT2D eigenvalue weighted by Crippen LogP contribution is -2.42. The van der Waals surface area contributed by atoms with Crippen molar-refractivity contribution in [1.82, 2.24) is 10.2 Å². The average molecular weight is 411 g/mol. The first-order valence-corrected chi connectivity index (χ1v) is 9.37. The molecule has 1 heterocycles. The average Bonchev–Trinajstić information content (AvgIpc) is 2.95. The van der Waals surface area contributed by atoms with Gasteiger partial charge < -0.3 is 10.2 Å². The van der Waals surface area contributed by atoms with Crippen LogP contribution in [0.3, 0.4) is 0 Å². The summed E-state index contributed by atoms with van der Waals surface area (Å²) in [5.41, 5.74) is 1.21. The van der Waals surface area contributed by atoms with Crippen molar-refractivity contribution in [3.63, 3.8) is 0 Å². The number of ketones is 1. The number of alkyl halides is 3. The lowest BCUT2D eigenvalue weighted by atomic mass is 9.98. The van der Waals surface area contributed by atoms with Gasteiger partial charge in [-0.05, 0) is 24.8 Å². The van der Waals surface area contributed by atoms with Gasteiger partial charge in [0.1, 0.15) is 0 Å². The number of amides is 1. The first kappa shape index (κ1) is 24.6. The predicted molar refractivity (Wildman–Crippen MR) is 109 cm³/mol. The number of Topliss-reactive ketones (excluding diaryl/α,β-unsaturated/α-hetero) is 1. The minimum atomic E-state index is -4.33. The molecule has 0 aromatic rings. The first-order chi connectivity index (χ1) is 13.6. The summed E-state index contributed by atoms with van der Waals surface area (Å²) in [6.45, 7) is 11.2. The minimum Gasteiger partial charge on any atom is -0.327 e. The molecule has 160 valence electrons. The normalized spacial score (nSPS) is 16.9. The number of rotatable bonds is 11. The van der Waals surface area contributed by atoms with Crippen molar-refractivity contribution < 1.29 is 22.8 Å². The van der Waals surface area contributed by atoms with Crippen molar-refractivity contribution >= 4 is 18.4 Å². The Hall–Kier alpha value is -2.48. The van der Waals surface area contributed by atoms with Crippen molar-refractivity contribution in [1.29, 1.82) is 0 Å². The Morgan fingerprint density at radius 3 is 2.52 bits per heavy atom. The Kier molecular flexibility index (Phi) is 9.23. The second-order valence-corrected chi connectivity index (χ2v) is 6.96. The predicted octanol–water partition coefficient (Wildman–Crippen LogP) is 3.61. The molecule has 29 heavy (non-hydrogen) atoms. The third kappa shape index (κ3) is 6.81. The van der Waals surface area contributed by atoms with Crippen LogP contribution in [0.25, 0.3) is 0 Å². The van der Waals surface area contributed by atoms with Crippen LogP contribution in [0.1, 0.15) is 27.2 Å². The number of carbonyl (C=O) groups excluding carboxylic acids is 2. The summed E-state index contributed by atoms with van der Waals surface area (Å²) in [6.07, 6.45) is 2.02. The molecule has 0 radical (unpaired) electrons. The molecule has 1 unspecified atom stereocenters. The Morgan fingerprint density at radius 1 is 1.38 bits per heavy atom. The maximum Gasteiger partial charge on any atom is 0.401 e. The number of nitrogens with one attached hydrogen (secondary N) is 1. The molecule has 0 aromatic heterocycles. The van der Waals surface area contributed by atoms with Crippen LogP contribution in [0.5, 0.6) is 0 Å². The van der Waals surface area contributed by atoms with Gasteiger partial charge in [-0.3, -0.25) is 14.6 Å². The van der Waals surface area contributed by atoms with Gasteiger partial charge in [-0.15, -0.1) is 0 Å². The van der Waals surface area contributed by atoms with Crippen molar-refractivity contribution in [3.8, 4) is 0 Å². The van der Waals surface area contributed by atoms with Crippen LogP contribution >= 0.6 is 0 Å². The zero-order valence-electron chi connectivity index (χ0n) is 17.1. The fraction of sp³-hybridized carbons (Fsp3) is 0.476. The van der Waals surface area contributed by atoms with Gasteiger partial charge in [0.15, 0.2) is 5.78 Å². The van der Waals surface area contributed by atoms with Crippen LogP contribution in [-0.4, -0.2) is 55.2 Å². The zero-order valence-corrected chi connectivity index (χ0v) is 17.1. The van der Waals surface area contributed by atoms with Gasteiger partial charge in [0.05, 0.1) is 19.1 Å². The highest BCUT2D eigenvalue weighted by Gasteiger charge is 2.37. The highest BCUT2D eigenvalue weighted by molar-refractivity contribution is 6.11. The summed E-state index contributed by atoms with van der Waals surface area (Å²) in [5, 5.41) is 2.36. The van der Waals surface area contributed by atoms with E-state index in [2.05, 4.69) is 23.6 Å². The topological polar surface area (TPSA) is 61.8 Å². The van der Waals surface area contributed by atoms with Gasteiger partial charge in [-0.25, -0.2) is 0 Å². The molecule has 0 aliphatic carbocycles. The third-order valence-electron chi connectivity index (χ3n) is 4.49.